The summed E-state index contributed by atoms with van der Waals surface area (Å²) < 4.78 is 1.26. The Balaban J connectivity index is 2.86. The summed E-state index contributed by atoms with van der Waals surface area (Å²) in [6.07, 6.45) is 0. The van der Waals surface area contributed by atoms with Crippen molar-refractivity contribution in [2.24, 2.45) is 11.8 Å². The number of carbonyl (C=O) groups is 1. The van der Waals surface area contributed by atoms with Gasteiger partial charge in [-0.3, -0.25) is 0 Å². The molecule has 1 fully saturated rings. The number of rotatable bonds is 1. The molecule has 1 saturated heterocycles. The Labute approximate surface area is 85.9 Å². The molecule has 0 radical (unpaired) electrons. The third kappa shape index (κ3) is 1.50. The average molecular weight is 388 g/mol. The van der Waals surface area contributed by atoms with Crippen LogP contribution in [0.3, 0.4) is 0 Å². The first-order valence-electron chi connectivity index (χ1n) is 3.50. The molecule has 0 aliphatic carbocycles. The molecule has 2 nitrogen and oxygen atoms in total. The van der Waals surface area contributed by atoms with E-state index in [1.54, 1.807) is 0 Å². The Kier molecular flexibility index (Phi) is 3.04. The fourth-order valence-corrected chi connectivity index (χ4v) is 3.61. The maximum atomic E-state index is 11.4. The van der Waals surface area contributed by atoms with E-state index < -0.39 is 0 Å². The second-order valence-electron chi connectivity index (χ2n) is 2.80. The van der Waals surface area contributed by atoms with Gasteiger partial charge in [-0.1, -0.05) is 0 Å². The summed E-state index contributed by atoms with van der Waals surface area (Å²) in [5.74, 6) is 0.884. The summed E-state index contributed by atoms with van der Waals surface area (Å²) in [6.45, 7) is 4.12. The van der Waals surface area contributed by atoms with Crippen LogP contribution in [0.4, 0.5) is 0 Å². The van der Waals surface area contributed by atoms with Crippen molar-refractivity contribution in [1.82, 2.24) is 4.90 Å². The monoisotopic (exact) mass is 387 g/mol. The quantitative estimate of drug-likeness (QED) is 0.488. The Morgan fingerprint density at radius 3 is 2.27 bits per heavy atom. The molecule has 1 aliphatic heterocycles. The molecule has 0 spiro atoms. The first-order valence-corrected chi connectivity index (χ1v) is 6.09. The molecule has 1 aliphatic rings. The van der Waals surface area contributed by atoms with Crippen LogP contribution in [0.1, 0.15) is 13.8 Å². The topological polar surface area (TPSA) is 20.3 Å². The zero-order valence-corrected chi connectivity index (χ0v) is 11.0. The molecule has 0 saturated carbocycles. The fourth-order valence-electron chi connectivity index (χ4n) is 1.15. The third-order valence-corrected chi connectivity index (χ3v) is 4.81. The third-order valence-electron chi connectivity index (χ3n) is 2.18. The Bertz CT molecular complexity index is 187. The molecule has 1 amide bonds. The number of carbonyl (C=O) groups excluding carboxylic acids is 1. The van der Waals surface area contributed by atoms with Crippen LogP contribution in [0, 0.1) is 11.8 Å². The van der Waals surface area contributed by atoms with Crippen LogP contribution in [0.2, 0.25) is 0 Å². The minimum absolute atomic E-state index is 0.181. The van der Waals surface area contributed by atoms with Gasteiger partial charge in [0.05, 0.1) is 0 Å². The van der Waals surface area contributed by atoms with Gasteiger partial charge in [-0.05, 0) is 0 Å². The van der Waals surface area contributed by atoms with Gasteiger partial charge in [-0.25, -0.2) is 0 Å². The van der Waals surface area contributed by atoms with E-state index >= 15 is 0 Å². The normalized spacial score (nSPS) is 31.7. The average Bonchev–Trinajstić information content (AvgIpc) is 2.17. The SMILES string of the molecule is CC1C(=O)N(CBr)[C](=[W])C1C. The summed E-state index contributed by atoms with van der Waals surface area (Å²) in [6, 6.07) is 0. The van der Waals surface area contributed by atoms with Crippen molar-refractivity contribution in [2.75, 3.05) is 5.45 Å². The second-order valence-corrected chi connectivity index (χ2v) is 4.81. The number of likely N-dealkylation sites (tertiary alicyclic amines) is 1. The summed E-state index contributed by atoms with van der Waals surface area (Å²) in [4.78, 5) is 13.3. The molecule has 2 atom stereocenters. The van der Waals surface area contributed by atoms with E-state index in [4.69, 9.17) is 0 Å². The Morgan fingerprint density at radius 1 is 1.55 bits per heavy atom. The van der Waals surface area contributed by atoms with Crippen LogP contribution in [-0.2, 0) is 24.1 Å². The van der Waals surface area contributed by atoms with E-state index in [0.717, 1.165) is 0 Å². The number of hydrogen-bond acceptors (Lipinski definition) is 1. The molecule has 4 heteroatoms. The molecule has 0 bridgehead atoms. The zero-order chi connectivity index (χ0) is 8.59. The van der Waals surface area contributed by atoms with Gasteiger partial charge in [-0.15, -0.1) is 0 Å². The number of nitrogens with zero attached hydrogens (tertiary/aromatic N) is 1. The van der Waals surface area contributed by atoms with E-state index in [0.29, 0.717) is 11.4 Å². The first kappa shape index (κ1) is 9.60. The molecule has 62 valence electrons. The molecule has 0 aromatic heterocycles. The van der Waals surface area contributed by atoms with Crippen LogP contribution < -0.4 is 0 Å². The van der Waals surface area contributed by atoms with Crippen molar-refractivity contribution in [3.63, 3.8) is 0 Å². The van der Waals surface area contributed by atoms with Crippen LogP contribution in [-0.4, -0.2) is 20.3 Å². The van der Waals surface area contributed by atoms with Gasteiger partial charge in [-0.2, -0.15) is 0 Å². The van der Waals surface area contributed by atoms with Crippen LogP contribution in [0.5, 0.6) is 0 Å². The van der Waals surface area contributed by atoms with E-state index in [1.165, 1.54) is 23.4 Å². The van der Waals surface area contributed by atoms with Gasteiger partial charge in [0.1, 0.15) is 0 Å². The second kappa shape index (κ2) is 3.49. The summed E-state index contributed by atoms with van der Waals surface area (Å²) in [5, 5.41) is 0. The van der Waals surface area contributed by atoms with Crippen molar-refractivity contribution < 1.29 is 24.1 Å². The van der Waals surface area contributed by atoms with E-state index in [-0.39, 0.29) is 11.8 Å². The number of halogens is 1. The van der Waals surface area contributed by atoms with Crippen molar-refractivity contribution in [3.05, 3.63) is 0 Å². The van der Waals surface area contributed by atoms with Gasteiger partial charge in [0.2, 0.25) is 0 Å². The Morgan fingerprint density at radius 2 is 2.09 bits per heavy atom. The van der Waals surface area contributed by atoms with Crippen LogP contribution in [0.15, 0.2) is 0 Å². The Hall–Kier alpha value is 0.508. The van der Waals surface area contributed by atoms with Crippen molar-refractivity contribution in [2.45, 2.75) is 13.8 Å². The van der Waals surface area contributed by atoms with Gasteiger partial charge in [0, 0.05) is 0 Å². The van der Waals surface area contributed by atoms with Gasteiger partial charge >= 0.3 is 86.0 Å². The van der Waals surface area contributed by atoms with Crippen molar-refractivity contribution in [3.8, 4) is 0 Å². The van der Waals surface area contributed by atoms with E-state index in [2.05, 4.69) is 22.9 Å². The number of amides is 1. The van der Waals surface area contributed by atoms with Crippen molar-refractivity contribution in [1.29, 1.82) is 0 Å². The molecule has 0 aromatic rings. The van der Waals surface area contributed by atoms with E-state index in [1.807, 2.05) is 11.8 Å². The van der Waals surface area contributed by atoms with Gasteiger partial charge < -0.3 is 0 Å². The van der Waals surface area contributed by atoms with E-state index in [9.17, 15) is 4.79 Å². The minimum atomic E-state index is 0.181. The standard InChI is InChI=1S/C7H10BrNO.W/c1-5-3-9(4-8)7(10)6(5)2;/h5-6H,4H2,1-2H3;. The van der Waals surface area contributed by atoms with Crippen molar-refractivity contribution >= 4 is 25.9 Å². The first-order chi connectivity index (χ1) is 5.09. The maximum absolute atomic E-state index is 11.4. The number of alkyl halides is 1. The molecule has 1 heterocycles. The molecule has 1 rings (SSSR count). The number of hydrogen-bond donors (Lipinski definition) is 0. The zero-order valence-electron chi connectivity index (χ0n) is 6.50. The molecule has 11 heavy (non-hydrogen) atoms. The molecule has 0 N–H and O–H groups in total. The molecular formula is C7H10BrNOW. The predicted octanol–water partition coefficient (Wildman–Crippen LogP) is 1.13. The molecular weight excluding hydrogens is 378 g/mol. The van der Waals surface area contributed by atoms with Gasteiger partial charge in [0.25, 0.3) is 0 Å². The van der Waals surface area contributed by atoms with Crippen LogP contribution in [0.25, 0.3) is 0 Å². The van der Waals surface area contributed by atoms with Gasteiger partial charge in [0.15, 0.2) is 0 Å². The fraction of sp³-hybridized carbons (Fsp3) is 0.714. The predicted molar refractivity (Wildman–Crippen MR) is 44.0 cm³/mol. The molecule has 2 unspecified atom stereocenters. The summed E-state index contributed by atoms with van der Waals surface area (Å²) >= 11 is 4.72. The summed E-state index contributed by atoms with van der Waals surface area (Å²) in [5.41, 5.74) is 0.652. The molecule has 0 aromatic carbocycles. The van der Waals surface area contributed by atoms with Crippen LogP contribution >= 0.6 is 15.9 Å². The summed E-state index contributed by atoms with van der Waals surface area (Å²) in [7, 11) is 0.